The molecule has 0 bridgehead atoms. The predicted molar refractivity (Wildman–Crippen MR) is 109 cm³/mol. The van der Waals surface area contributed by atoms with Crippen LogP contribution < -0.4 is 5.32 Å². The Hall–Kier alpha value is -1.31. The van der Waals surface area contributed by atoms with Crippen LogP contribution in [0.25, 0.3) is 11.2 Å². The number of nitrogens with zero attached hydrogens (tertiary/aromatic N) is 4. The van der Waals surface area contributed by atoms with E-state index in [1.165, 1.54) is 22.7 Å². The van der Waals surface area contributed by atoms with Gasteiger partial charge in [0.15, 0.2) is 28.4 Å². The molecule has 1 fully saturated rings. The van der Waals surface area contributed by atoms with Gasteiger partial charge in [0.25, 0.3) is 0 Å². The largest absolute Gasteiger partial charge is 0.469 e. The second kappa shape index (κ2) is 9.88. The lowest BCUT2D eigenvalue weighted by Gasteiger charge is -2.17. The first-order valence-electron chi connectivity index (χ1n) is 9.58. The fourth-order valence-corrected chi connectivity index (χ4v) is 4.01. The van der Waals surface area contributed by atoms with E-state index < -0.39 is 39.0 Å². The van der Waals surface area contributed by atoms with Gasteiger partial charge in [-0.1, -0.05) is 25.6 Å². The average Bonchev–Trinajstić information content (AvgIpc) is 3.24. The lowest BCUT2D eigenvalue weighted by Crippen LogP contribution is -2.33. The smallest absolute Gasteiger partial charge is 0.387 e. The van der Waals surface area contributed by atoms with Crippen molar-refractivity contribution in [2.45, 2.75) is 56.4 Å². The van der Waals surface area contributed by atoms with Gasteiger partial charge in [0.2, 0.25) is 0 Å². The van der Waals surface area contributed by atoms with E-state index in [9.17, 15) is 14.8 Å². The monoisotopic (exact) mass is 463 g/mol. The van der Waals surface area contributed by atoms with Crippen LogP contribution in [0, 0.1) is 0 Å². The zero-order chi connectivity index (χ0) is 21.9. The summed E-state index contributed by atoms with van der Waals surface area (Å²) in [5.41, 5.74) is 0.902. The van der Waals surface area contributed by atoms with Crippen molar-refractivity contribution in [3.8, 4) is 0 Å². The van der Waals surface area contributed by atoms with Gasteiger partial charge in [0.1, 0.15) is 18.3 Å². The predicted octanol–water partition coefficient (Wildman–Crippen LogP) is 0.879. The minimum absolute atomic E-state index is 0.412. The molecule has 0 aliphatic carbocycles. The third-order valence-corrected chi connectivity index (χ3v) is 5.94. The highest BCUT2D eigenvalue weighted by Crippen LogP contribution is 2.39. The number of phosphoric acid groups is 1. The van der Waals surface area contributed by atoms with Gasteiger partial charge >= 0.3 is 7.82 Å². The molecule has 3 heterocycles. The maximum absolute atomic E-state index is 10.9. The first-order valence-corrected chi connectivity index (χ1v) is 12.1. The first kappa shape index (κ1) is 23.4. The van der Waals surface area contributed by atoms with Crippen molar-refractivity contribution in [1.29, 1.82) is 0 Å². The lowest BCUT2D eigenvalue weighted by molar-refractivity contribution is -0.0504. The summed E-state index contributed by atoms with van der Waals surface area (Å²) in [6, 6.07) is 0. The van der Waals surface area contributed by atoms with E-state index in [2.05, 4.69) is 31.7 Å². The highest BCUT2D eigenvalue weighted by Gasteiger charge is 2.45. The zero-order valence-electron chi connectivity index (χ0n) is 16.6. The third-order valence-electron chi connectivity index (χ3n) is 4.40. The molecule has 14 heteroatoms. The van der Waals surface area contributed by atoms with E-state index in [0.29, 0.717) is 28.7 Å². The van der Waals surface area contributed by atoms with E-state index >= 15 is 0 Å². The number of ether oxygens (including phenoxy) is 1. The van der Waals surface area contributed by atoms with Gasteiger partial charge in [-0.05, 0) is 12.8 Å². The second-order valence-electron chi connectivity index (χ2n) is 6.79. The maximum atomic E-state index is 10.9. The molecule has 4 atom stereocenters. The van der Waals surface area contributed by atoms with Gasteiger partial charge < -0.3 is 30.1 Å². The lowest BCUT2D eigenvalue weighted by atomic mass is 10.1. The topological polar surface area (TPSA) is 172 Å². The second-order valence-corrected chi connectivity index (χ2v) is 9.09. The van der Waals surface area contributed by atoms with Crippen molar-refractivity contribution < 1.29 is 33.8 Å². The Morgan fingerprint density at radius 2 is 2.03 bits per heavy atom. The molecule has 0 unspecified atom stereocenters. The number of aliphatic hydroxyl groups is 2. The van der Waals surface area contributed by atoms with Crippen LogP contribution in [0.15, 0.2) is 11.5 Å². The van der Waals surface area contributed by atoms with E-state index in [-0.39, 0.29) is 0 Å². The number of rotatable bonds is 10. The molecular formula is C16H26N5O7PS. The molecule has 0 radical (unpaired) electrons. The third kappa shape index (κ3) is 5.29. The summed E-state index contributed by atoms with van der Waals surface area (Å²) in [6.07, 6.45) is -1.72. The minimum atomic E-state index is -4.74. The summed E-state index contributed by atoms with van der Waals surface area (Å²) in [5.74, 6) is 1.39. The highest BCUT2D eigenvalue weighted by molar-refractivity contribution is 7.99. The van der Waals surface area contributed by atoms with Crippen molar-refractivity contribution in [2.24, 2.45) is 0 Å². The average molecular weight is 463 g/mol. The molecule has 168 valence electrons. The fourth-order valence-electron chi connectivity index (χ4n) is 2.97. The first-order chi connectivity index (χ1) is 14.2. The fraction of sp³-hybridized carbons (Fsp3) is 0.688. The van der Waals surface area contributed by atoms with Crippen LogP contribution in [0.4, 0.5) is 5.82 Å². The van der Waals surface area contributed by atoms with Crippen LogP contribution in [-0.4, -0.2) is 76.7 Å². The summed E-state index contributed by atoms with van der Waals surface area (Å²) in [4.78, 5) is 31.2. The summed E-state index contributed by atoms with van der Waals surface area (Å²) in [7, 11) is -4.74. The molecule has 2 aromatic rings. The van der Waals surface area contributed by atoms with Crippen molar-refractivity contribution in [1.82, 2.24) is 19.5 Å². The summed E-state index contributed by atoms with van der Waals surface area (Å²) in [6.45, 7) is 4.19. The number of fused-ring (bicyclic) bond motifs is 1. The molecule has 0 amide bonds. The van der Waals surface area contributed by atoms with Crippen LogP contribution >= 0.6 is 19.6 Å². The molecule has 0 saturated carbocycles. The molecule has 5 N–H and O–H groups in total. The minimum Gasteiger partial charge on any atom is -0.387 e. The Labute approximate surface area is 177 Å². The van der Waals surface area contributed by atoms with E-state index in [1.807, 2.05) is 6.92 Å². The molecule has 2 aromatic heterocycles. The summed E-state index contributed by atoms with van der Waals surface area (Å²) in [5, 5.41) is 24.5. The summed E-state index contributed by atoms with van der Waals surface area (Å²) >= 11 is 1.49. The van der Waals surface area contributed by atoms with E-state index in [1.54, 1.807) is 0 Å². The van der Waals surface area contributed by atoms with E-state index in [0.717, 1.165) is 18.6 Å². The SMILES string of the molecule is CCCNc1nc(SCCC)nc2c1ncn2[C@@H]1O[C@H](COP(=O)(O)O)[C@@H](O)[C@H]1O. The van der Waals surface area contributed by atoms with Gasteiger partial charge in [-0.15, -0.1) is 0 Å². The highest BCUT2D eigenvalue weighted by atomic mass is 32.2. The van der Waals surface area contributed by atoms with Crippen LogP contribution in [0.1, 0.15) is 32.9 Å². The Balaban J connectivity index is 1.92. The number of hydrogen-bond donors (Lipinski definition) is 5. The van der Waals surface area contributed by atoms with Crippen LogP contribution in [0.5, 0.6) is 0 Å². The number of phosphoric ester groups is 1. The number of aromatic nitrogens is 4. The Kier molecular flexibility index (Phi) is 7.69. The van der Waals surface area contributed by atoms with Gasteiger partial charge in [-0.3, -0.25) is 9.09 Å². The maximum Gasteiger partial charge on any atom is 0.469 e. The van der Waals surface area contributed by atoms with Crippen molar-refractivity contribution in [3.63, 3.8) is 0 Å². The Morgan fingerprint density at radius 3 is 2.70 bits per heavy atom. The number of nitrogens with one attached hydrogen (secondary N) is 1. The van der Waals surface area contributed by atoms with Crippen LogP contribution in [-0.2, 0) is 13.8 Å². The van der Waals surface area contributed by atoms with Crippen LogP contribution in [0.3, 0.4) is 0 Å². The number of thioether (sulfide) groups is 1. The summed E-state index contributed by atoms with van der Waals surface area (Å²) < 4.78 is 22.5. The Morgan fingerprint density at radius 1 is 1.27 bits per heavy atom. The van der Waals surface area contributed by atoms with Gasteiger partial charge in [-0.2, -0.15) is 0 Å². The van der Waals surface area contributed by atoms with Gasteiger partial charge in [0.05, 0.1) is 12.9 Å². The molecule has 1 aliphatic heterocycles. The molecule has 0 spiro atoms. The normalized spacial score (nSPS) is 24.6. The molecule has 12 nitrogen and oxygen atoms in total. The quantitative estimate of drug-likeness (QED) is 0.192. The van der Waals surface area contributed by atoms with Crippen molar-refractivity contribution >= 4 is 36.6 Å². The molecular weight excluding hydrogens is 437 g/mol. The number of imidazole rings is 1. The van der Waals surface area contributed by atoms with Crippen LogP contribution in [0.2, 0.25) is 0 Å². The molecule has 3 rings (SSSR count). The number of anilines is 1. The Bertz CT molecular complexity index is 909. The van der Waals surface area contributed by atoms with Gasteiger partial charge in [-0.25, -0.2) is 19.5 Å². The molecule has 0 aromatic carbocycles. The van der Waals surface area contributed by atoms with Crippen molar-refractivity contribution in [3.05, 3.63) is 6.33 Å². The number of aliphatic hydroxyl groups excluding tert-OH is 2. The molecule has 1 aliphatic rings. The van der Waals surface area contributed by atoms with Gasteiger partial charge in [0, 0.05) is 12.3 Å². The number of hydrogen-bond acceptors (Lipinski definition) is 10. The standard InChI is InChI=1S/C16H26N5O7PS/c1-3-5-17-13-10-14(20-16(19-13)30-6-4-2)21(8-18-10)15-12(23)11(22)9(28-15)7-27-29(24,25)26/h8-9,11-12,15,22-23H,3-7H2,1-2H3,(H,17,19,20)(H2,24,25,26)/t9-,11-,12-,15-/m1/s1. The molecule has 1 saturated heterocycles. The zero-order valence-corrected chi connectivity index (χ0v) is 18.3. The van der Waals surface area contributed by atoms with Crippen molar-refractivity contribution in [2.75, 3.05) is 24.2 Å². The van der Waals surface area contributed by atoms with E-state index in [4.69, 9.17) is 14.5 Å². The molecule has 30 heavy (non-hydrogen) atoms.